The van der Waals surface area contributed by atoms with Crippen LogP contribution < -0.4 is 10.6 Å². The molecule has 0 saturated heterocycles. The number of anilines is 2. The molecule has 0 aromatic carbocycles. The molecular formula is C11H17Cl2N3O. The largest absolute Gasteiger partial charge is 0.394 e. The minimum atomic E-state index is -0.0918. The Morgan fingerprint density at radius 1 is 1.29 bits per heavy atom. The molecule has 0 aliphatic carbocycles. The lowest BCUT2D eigenvalue weighted by Gasteiger charge is -2.21. The van der Waals surface area contributed by atoms with E-state index in [9.17, 15) is 5.11 Å². The highest BCUT2D eigenvalue weighted by atomic mass is 35.5. The summed E-state index contributed by atoms with van der Waals surface area (Å²) in [6, 6.07) is 1.53. The van der Waals surface area contributed by atoms with Crippen LogP contribution in [-0.2, 0) is 0 Å². The molecule has 0 radical (unpaired) electrons. The highest BCUT2D eigenvalue weighted by Crippen LogP contribution is 2.29. The Labute approximate surface area is 111 Å². The molecule has 0 fully saturated rings. The van der Waals surface area contributed by atoms with Crippen LogP contribution in [0.5, 0.6) is 0 Å². The Balaban J connectivity index is 2.97. The van der Waals surface area contributed by atoms with Gasteiger partial charge in [0.05, 0.1) is 22.7 Å². The van der Waals surface area contributed by atoms with Crippen molar-refractivity contribution in [2.75, 3.05) is 24.3 Å². The van der Waals surface area contributed by atoms with Crippen LogP contribution in [0.2, 0.25) is 10.0 Å². The molecule has 6 heteroatoms. The fraction of sp³-hybridized carbons (Fsp3) is 0.545. The first-order chi connectivity index (χ1) is 7.99. The predicted octanol–water partition coefficient (Wildman–Crippen LogP) is 2.86. The van der Waals surface area contributed by atoms with Crippen molar-refractivity contribution in [1.29, 1.82) is 0 Å². The van der Waals surface area contributed by atoms with Crippen molar-refractivity contribution in [2.45, 2.75) is 19.9 Å². The van der Waals surface area contributed by atoms with Crippen LogP contribution >= 0.6 is 23.2 Å². The van der Waals surface area contributed by atoms with Gasteiger partial charge in [-0.2, -0.15) is 0 Å². The van der Waals surface area contributed by atoms with E-state index in [4.69, 9.17) is 23.2 Å². The second kappa shape index (κ2) is 6.28. The molecule has 0 aliphatic heterocycles. The van der Waals surface area contributed by atoms with Crippen LogP contribution in [0.3, 0.4) is 0 Å². The quantitative estimate of drug-likeness (QED) is 0.775. The van der Waals surface area contributed by atoms with Gasteiger partial charge in [0, 0.05) is 7.05 Å². The number of pyridine rings is 1. The summed E-state index contributed by atoms with van der Waals surface area (Å²) >= 11 is 12.0. The van der Waals surface area contributed by atoms with Crippen molar-refractivity contribution in [3.8, 4) is 0 Å². The maximum atomic E-state index is 9.25. The summed E-state index contributed by atoms with van der Waals surface area (Å²) in [7, 11) is 1.73. The van der Waals surface area contributed by atoms with E-state index < -0.39 is 0 Å². The number of nitrogens with one attached hydrogen (secondary N) is 2. The van der Waals surface area contributed by atoms with Gasteiger partial charge < -0.3 is 15.7 Å². The monoisotopic (exact) mass is 277 g/mol. The maximum absolute atomic E-state index is 9.25. The van der Waals surface area contributed by atoms with Gasteiger partial charge in [-0.05, 0) is 12.0 Å². The number of rotatable bonds is 5. The Morgan fingerprint density at radius 2 is 1.88 bits per heavy atom. The Bertz CT molecular complexity index is 385. The van der Waals surface area contributed by atoms with E-state index in [0.717, 1.165) is 0 Å². The SMILES string of the molecule is CNc1nc(NC(CO)C(C)C)c(Cl)cc1Cl. The lowest BCUT2D eigenvalue weighted by Crippen LogP contribution is -2.30. The third-order valence-corrected chi connectivity index (χ3v) is 3.07. The van der Waals surface area contributed by atoms with Gasteiger partial charge in [0.15, 0.2) is 0 Å². The van der Waals surface area contributed by atoms with Crippen LogP contribution in [0.25, 0.3) is 0 Å². The van der Waals surface area contributed by atoms with Crippen molar-refractivity contribution >= 4 is 34.8 Å². The van der Waals surface area contributed by atoms with Gasteiger partial charge in [0.25, 0.3) is 0 Å². The van der Waals surface area contributed by atoms with Crippen molar-refractivity contribution in [1.82, 2.24) is 4.98 Å². The average molecular weight is 278 g/mol. The number of nitrogens with zero attached hydrogens (tertiary/aromatic N) is 1. The highest BCUT2D eigenvalue weighted by Gasteiger charge is 2.15. The molecular weight excluding hydrogens is 261 g/mol. The van der Waals surface area contributed by atoms with Gasteiger partial charge in [0.1, 0.15) is 11.6 Å². The summed E-state index contributed by atoms with van der Waals surface area (Å²) in [5, 5.41) is 16.1. The van der Waals surface area contributed by atoms with E-state index in [1.54, 1.807) is 13.1 Å². The summed E-state index contributed by atoms with van der Waals surface area (Å²) in [5.74, 6) is 1.35. The van der Waals surface area contributed by atoms with Gasteiger partial charge in [-0.3, -0.25) is 0 Å². The van der Waals surface area contributed by atoms with Gasteiger partial charge >= 0.3 is 0 Å². The molecule has 17 heavy (non-hydrogen) atoms. The maximum Gasteiger partial charge on any atom is 0.147 e. The predicted molar refractivity (Wildman–Crippen MR) is 73.1 cm³/mol. The molecule has 1 atom stereocenters. The molecule has 1 aromatic rings. The van der Waals surface area contributed by atoms with E-state index in [0.29, 0.717) is 21.7 Å². The topological polar surface area (TPSA) is 57.2 Å². The van der Waals surface area contributed by atoms with Crippen LogP contribution in [0.15, 0.2) is 6.07 Å². The molecule has 0 saturated carbocycles. The van der Waals surface area contributed by atoms with Crippen LogP contribution in [0.4, 0.5) is 11.6 Å². The number of hydrogen-bond acceptors (Lipinski definition) is 4. The van der Waals surface area contributed by atoms with E-state index in [1.165, 1.54) is 0 Å². The fourth-order valence-corrected chi connectivity index (χ4v) is 1.85. The first-order valence-electron chi connectivity index (χ1n) is 5.40. The van der Waals surface area contributed by atoms with Crippen molar-refractivity contribution < 1.29 is 5.11 Å². The molecule has 0 spiro atoms. The van der Waals surface area contributed by atoms with Crippen LogP contribution in [0, 0.1) is 5.92 Å². The van der Waals surface area contributed by atoms with Crippen molar-refractivity contribution in [2.24, 2.45) is 5.92 Å². The van der Waals surface area contributed by atoms with Crippen LogP contribution in [0.1, 0.15) is 13.8 Å². The number of halogens is 2. The van der Waals surface area contributed by atoms with Gasteiger partial charge in [0.2, 0.25) is 0 Å². The molecule has 0 bridgehead atoms. The lowest BCUT2D eigenvalue weighted by molar-refractivity contribution is 0.249. The second-order valence-corrected chi connectivity index (χ2v) is 4.89. The zero-order valence-corrected chi connectivity index (χ0v) is 11.6. The number of aliphatic hydroxyl groups excluding tert-OH is 1. The molecule has 4 nitrogen and oxygen atoms in total. The summed E-state index contributed by atoms with van der Waals surface area (Å²) in [4.78, 5) is 4.26. The molecule has 1 unspecified atom stereocenters. The number of hydrogen-bond donors (Lipinski definition) is 3. The Kier molecular flexibility index (Phi) is 5.31. The first-order valence-corrected chi connectivity index (χ1v) is 6.16. The van der Waals surface area contributed by atoms with E-state index in [2.05, 4.69) is 15.6 Å². The fourth-order valence-electron chi connectivity index (χ4n) is 1.34. The number of aliphatic hydroxyl groups is 1. The molecule has 96 valence electrons. The standard InChI is InChI=1S/C11H17Cl2N3O/c1-6(2)9(5-17)15-11-8(13)4-7(12)10(14-3)16-11/h4,6,9,17H,5H2,1-3H3,(H2,14,15,16). The average Bonchev–Trinajstić information content (AvgIpc) is 2.27. The van der Waals surface area contributed by atoms with E-state index in [1.807, 2.05) is 13.8 Å². The zero-order valence-electron chi connectivity index (χ0n) is 10.1. The molecule has 0 aliphatic rings. The third kappa shape index (κ3) is 3.63. The molecule has 1 rings (SSSR count). The molecule has 1 aromatic heterocycles. The van der Waals surface area contributed by atoms with Crippen molar-refractivity contribution in [3.05, 3.63) is 16.1 Å². The first kappa shape index (κ1) is 14.4. The van der Waals surface area contributed by atoms with Gasteiger partial charge in [-0.1, -0.05) is 37.0 Å². The van der Waals surface area contributed by atoms with Gasteiger partial charge in [-0.25, -0.2) is 4.98 Å². The van der Waals surface area contributed by atoms with Gasteiger partial charge in [-0.15, -0.1) is 0 Å². The van der Waals surface area contributed by atoms with Crippen LogP contribution in [-0.4, -0.2) is 29.8 Å². The highest BCUT2D eigenvalue weighted by molar-refractivity contribution is 6.37. The number of aromatic nitrogens is 1. The minimum absolute atomic E-state index is 0.0210. The molecule has 1 heterocycles. The Morgan fingerprint density at radius 3 is 2.35 bits per heavy atom. The smallest absolute Gasteiger partial charge is 0.147 e. The summed E-state index contributed by atoms with van der Waals surface area (Å²) in [6.45, 7) is 4.04. The molecule has 3 N–H and O–H groups in total. The Hall–Kier alpha value is -0.710. The summed E-state index contributed by atoms with van der Waals surface area (Å²) < 4.78 is 0. The third-order valence-electron chi connectivity index (χ3n) is 2.49. The summed E-state index contributed by atoms with van der Waals surface area (Å²) in [6.07, 6.45) is 0. The summed E-state index contributed by atoms with van der Waals surface area (Å²) in [5.41, 5.74) is 0. The van der Waals surface area contributed by atoms with Crippen molar-refractivity contribution in [3.63, 3.8) is 0 Å². The second-order valence-electron chi connectivity index (χ2n) is 4.08. The lowest BCUT2D eigenvalue weighted by atomic mass is 10.1. The van der Waals surface area contributed by atoms with E-state index in [-0.39, 0.29) is 18.6 Å². The normalized spacial score (nSPS) is 12.6. The minimum Gasteiger partial charge on any atom is -0.394 e. The zero-order chi connectivity index (χ0) is 13.0. The molecule has 0 amide bonds. The van der Waals surface area contributed by atoms with E-state index >= 15 is 0 Å².